The van der Waals surface area contributed by atoms with Crippen LogP contribution in [0.4, 0.5) is 0 Å². The Bertz CT molecular complexity index is 242. The standard InChI is InChI=1S/C13H24N2O/c14-8-13(5-6-16-10-13)9-15(12-3-4-12)7-11-1-2-11/h11-12H,1-10,14H2. The van der Waals surface area contributed by atoms with Gasteiger partial charge in [0.25, 0.3) is 0 Å². The summed E-state index contributed by atoms with van der Waals surface area (Å²) in [6.45, 7) is 5.11. The molecule has 2 aliphatic carbocycles. The monoisotopic (exact) mass is 224 g/mol. The zero-order valence-corrected chi connectivity index (χ0v) is 10.2. The van der Waals surface area contributed by atoms with Gasteiger partial charge in [-0.2, -0.15) is 0 Å². The van der Waals surface area contributed by atoms with Crippen LogP contribution in [0.15, 0.2) is 0 Å². The molecule has 0 bridgehead atoms. The van der Waals surface area contributed by atoms with E-state index in [0.717, 1.165) is 38.1 Å². The number of nitrogens with two attached hydrogens (primary N) is 1. The smallest absolute Gasteiger partial charge is 0.0547 e. The van der Waals surface area contributed by atoms with Crippen LogP contribution in [0.25, 0.3) is 0 Å². The highest BCUT2D eigenvalue weighted by Crippen LogP contribution is 2.38. The van der Waals surface area contributed by atoms with E-state index in [0.29, 0.717) is 0 Å². The predicted molar refractivity (Wildman–Crippen MR) is 64.2 cm³/mol. The Kier molecular flexibility index (Phi) is 2.94. The van der Waals surface area contributed by atoms with E-state index in [1.54, 1.807) is 0 Å². The molecule has 0 aromatic rings. The molecule has 3 nitrogen and oxygen atoms in total. The highest BCUT2D eigenvalue weighted by molar-refractivity contribution is 4.94. The molecule has 3 heteroatoms. The molecule has 3 aliphatic rings. The fourth-order valence-corrected chi connectivity index (χ4v) is 2.85. The van der Waals surface area contributed by atoms with Crippen molar-refractivity contribution in [1.82, 2.24) is 4.90 Å². The lowest BCUT2D eigenvalue weighted by Gasteiger charge is -2.33. The summed E-state index contributed by atoms with van der Waals surface area (Å²) in [5.41, 5.74) is 6.25. The van der Waals surface area contributed by atoms with E-state index in [1.165, 1.54) is 38.8 Å². The maximum Gasteiger partial charge on any atom is 0.0547 e. The molecule has 2 N–H and O–H groups in total. The molecule has 1 aliphatic heterocycles. The summed E-state index contributed by atoms with van der Waals surface area (Å²) in [5.74, 6) is 0.998. The van der Waals surface area contributed by atoms with Gasteiger partial charge in [-0.05, 0) is 38.0 Å². The number of nitrogens with zero attached hydrogens (tertiary/aromatic N) is 1. The summed E-state index contributed by atoms with van der Waals surface area (Å²) in [6.07, 6.45) is 6.89. The van der Waals surface area contributed by atoms with Gasteiger partial charge in [0.15, 0.2) is 0 Å². The molecule has 0 aromatic carbocycles. The molecule has 0 spiro atoms. The van der Waals surface area contributed by atoms with Gasteiger partial charge in [-0.15, -0.1) is 0 Å². The summed E-state index contributed by atoms with van der Waals surface area (Å²) in [7, 11) is 0. The SMILES string of the molecule is NCC1(CN(CC2CC2)C2CC2)CCOC1. The largest absolute Gasteiger partial charge is 0.381 e. The van der Waals surface area contributed by atoms with Gasteiger partial charge in [0.1, 0.15) is 0 Å². The molecule has 0 radical (unpaired) electrons. The summed E-state index contributed by atoms with van der Waals surface area (Å²) in [4.78, 5) is 2.72. The van der Waals surface area contributed by atoms with E-state index in [1.807, 2.05) is 0 Å². The quantitative estimate of drug-likeness (QED) is 0.737. The zero-order chi connectivity index (χ0) is 11.0. The highest BCUT2D eigenvalue weighted by Gasteiger charge is 2.41. The first-order chi connectivity index (χ1) is 7.81. The number of hydrogen-bond donors (Lipinski definition) is 1. The van der Waals surface area contributed by atoms with Gasteiger partial charge in [0, 0.05) is 37.7 Å². The van der Waals surface area contributed by atoms with Crippen molar-refractivity contribution in [3.05, 3.63) is 0 Å². The molecule has 1 unspecified atom stereocenters. The first-order valence-electron chi connectivity index (χ1n) is 6.83. The Morgan fingerprint density at radius 2 is 2.06 bits per heavy atom. The van der Waals surface area contributed by atoms with Crippen molar-refractivity contribution in [2.75, 3.05) is 32.8 Å². The molecule has 0 amide bonds. The second-order valence-corrected chi connectivity index (χ2v) is 6.11. The van der Waals surface area contributed by atoms with Gasteiger partial charge in [0.2, 0.25) is 0 Å². The Morgan fingerprint density at radius 1 is 1.25 bits per heavy atom. The number of rotatable bonds is 6. The third kappa shape index (κ3) is 2.41. The predicted octanol–water partition coefficient (Wildman–Crippen LogP) is 1.23. The minimum Gasteiger partial charge on any atom is -0.381 e. The second-order valence-electron chi connectivity index (χ2n) is 6.11. The van der Waals surface area contributed by atoms with Crippen molar-refractivity contribution >= 4 is 0 Å². The van der Waals surface area contributed by atoms with Crippen LogP contribution in [0, 0.1) is 11.3 Å². The van der Waals surface area contributed by atoms with Gasteiger partial charge in [0.05, 0.1) is 6.61 Å². The molecule has 16 heavy (non-hydrogen) atoms. The third-order valence-electron chi connectivity index (χ3n) is 4.41. The molecule has 1 atom stereocenters. The fraction of sp³-hybridized carbons (Fsp3) is 1.00. The molecular formula is C13H24N2O. The Morgan fingerprint density at radius 3 is 2.56 bits per heavy atom. The van der Waals surface area contributed by atoms with Crippen molar-refractivity contribution in [3.8, 4) is 0 Å². The van der Waals surface area contributed by atoms with E-state index < -0.39 is 0 Å². The third-order valence-corrected chi connectivity index (χ3v) is 4.41. The second kappa shape index (κ2) is 4.28. The Hall–Kier alpha value is -0.120. The van der Waals surface area contributed by atoms with Gasteiger partial charge >= 0.3 is 0 Å². The van der Waals surface area contributed by atoms with Crippen molar-refractivity contribution in [2.45, 2.75) is 38.1 Å². The summed E-state index contributed by atoms with van der Waals surface area (Å²) < 4.78 is 5.57. The molecule has 3 fully saturated rings. The van der Waals surface area contributed by atoms with Crippen LogP contribution in [-0.2, 0) is 4.74 Å². The lowest BCUT2D eigenvalue weighted by molar-refractivity contribution is 0.108. The zero-order valence-electron chi connectivity index (χ0n) is 10.2. The Balaban J connectivity index is 1.59. The van der Waals surface area contributed by atoms with Crippen molar-refractivity contribution in [1.29, 1.82) is 0 Å². The van der Waals surface area contributed by atoms with E-state index >= 15 is 0 Å². The molecule has 92 valence electrons. The van der Waals surface area contributed by atoms with Gasteiger partial charge in [-0.3, -0.25) is 4.90 Å². The van der Waals surface area contributed by atoms with E-state index in [4.69, 9.17) is 10.5 Å². The van der Waals surface area contributed by atoms with Crippen LogP contribution in [-0.4, -0.2) is 43.8 Å². The van der Waals surface area contributed by atoms with E-state index in [2.05, 4.69) is 4.90 Å². The molecule has 1 heterocycles. The average Bonchev–Trinajstić information content (AvgIpc) is 3.19. The van der Waals surface area contributed by atoms with E-state index in [-0.39, 0.29) is 5.41 Å². The number of hydrogen-bond acceptors (Lipinski definition) is 3. The minimum absolute atomic E-state index is 0.275. The van der Waals surface area contributed by atoms with Crippen molar-refractivity contribution in [3.63, 3.8) is 0 Å². The van der Waals surface area contributed by atoms with Gasteiger partial charge < -0.3 is 10.5 Å². The lowest BCUT2D eigenvalue weighted by Crippen LogP contribution is -2.44. The average molecular weight is 224 g/mol. The van der Waals surface area contributed by atoms with Crippen LogP contribution in [0.3, 0.4) is 0 Å². The molecular weight excluding hydrogens is 200 g/mol. The van der Waals surface area contributed by atoms with Crippen LogP contribution < -0.4 is 5.73 Å². The topological polar surface area (TPSA) is 38.5 Å². The van der Waals surface area contributed by atoms with Crippen LogP contribution in [0.1, 0.15) is 32.1 Å². The molecule has 1 saturated heterocycles. The minimum atomic E-state index is 0.275. The molecule has 3 rings (SSSR count). The normalized spacial score (nSPS) is 34.9. The van der Waals surface area contributed by atoms with Crippen LogP contribution in [0.2, 0.25) is 0 Å². The summed E-state index contributed by atoms with van der Waals surface area (Å²) >= 11 is 0. The summed E-state index contributed by atoms with van der Waals surface area (Å²) in [6, 6.07) is 0.879. The summed E-state index contributed by atoms with van der Waals surface area (Å²) in [5, 5.41) is 0. The number of ether oxygens (including phenoxy) is 1. The fourth-order valence-electron chi connectivity index (χ4n) is 2.85. The first kappa shape index (κ1) is 11.0. The van der Waals surface area contributed by atoms with Crippen LogP contribution in [0.5, 0.6) is 0 Å². The van der Waals surface area contributed by atoms with Gasteiger partial charge in [-0.1, -0.05) is 0 Å². The lowest BCUT2D eigenvalue weighted by atomic mass is 9.86. The Labute approximate surface area is 98.3 Å². The highest BCUT2D eigenvalue weighted by atomic mass is 16.5. The maximum absolute atomic E-state index is 5.98. The molecule has 0 aromatic heterocycles. The molecule has 2 saturated carbocycles. The maximum atomic E-state index is 5.98. The van der Waals surface area contributed by atoms with Crippen molar-refractivity contribution < 1.29 is 4.74 Å². The van der Waals surface area contributed by atoms with Crippen LogP contribution >= 0.6 is 0 Å². The van der Waals surface area contributed by atoms with E-state index in [9.17, 15) is 0 Å². The van der Waals surface area contributed by atoms with Gasteiger partial charge in [-0.25, -0.2) is 0 Å². The van der Waals surface area contributed by atoms with Crippen molar-refractivity contribution in [2.24, 2.45) is 17.1 Å². The first-order valence-corrected chi connectivity index (χ1v) is 6.83.